The summed E-state index contributed by atoms with van der Waals surface area (Å²) < 4.78 is 30.6. The number of hydrogen-bond donors (Lipinski definition) is 1. The minimum Gasteiger partial charge on any atom is -0.246 e. The monoisotopic (exact) mass is 125 g/mol. The molecule has 0 spiro atoms. The minimum atomic E-state index is -2.64. The van der Waals surface area contributed by atoms with Crippen molar-refractivity contribution in [1.29, 1.82) is 0 Å². The van der Waals surface area contributed by atoms with E-state index in [9.17, 15) is 12.8 Å². The number of alkyl halides is 1. The molecule has 0 saturated carbocycles. The van der Waals surface area contributed by atoms with E-state index in [1.165, 1.54) is 0 Å². The summed E-state index contributed by atoms with van der Waals surface area (Å²) in [4.78, 5) is 0. The van der Waals surface area contributed by atoms with Crippen LogP contribution in [0.1, 0.15) is 6.92 Å². The van der Waals surface area contributed by atoms with Crippen LogP contribution in [0.25, 0.3) is 0 Å². The molecule has 7 heavy (non-hydrogen) atoms. The van der Waals surface area contributed by atoms with Crippen LogP contribution in [0, 0.1) is 5.75 Å². The van der Waals surface area contributed by atoms with Crippen molar-refractivity contribution in [1.82, 2.24) is 0 Å². The normalized spacial score (nSPS) is 14.7. The summed E-state index contributed by atoms with van der Waals surface area (Å²) in [6.07, 6.45) is -1.35. The van der Waals surface area contributed by atoms with Gasteiger partial charge < -0.3 is 0 Å². The number of hydrogen-bond acceptors (Lipinski definition) is 2. The zero-order chi connectivity index (χ0) is 5.86. The second-order valence-corrected chi connectivity index (χ2v) is 1.98. The fourth-order valence-electron chi connectivity index (χ4n) is 0.168. The lowest BCUT2D eigenvalue weighted by Gasteiger charge is -1.86. The second kappa shape index (κ2) is 2.96. The van der Waals surface area contributed by atoms with Crippen molar-refractivity contribution in [2.75, 3.05) is 0 Å². The average molecular weight is 125 g/mol. The molecule has 0 N–H and O–H groups in total. The summed E-state index contributed by atoms with van der Waals surface area (Å²) in [7, 11) is -2.64. The van der Waals surface area contributed by atoms with Crippen LogP contribution < -0.4 is 0 Å². The Bertz CT molecular complexity index is 99.5. The van der Waals surface area contributed by atoms with Crippen molar-refractivity contribution in [3.05, 3.63) is 5.75 Å². The maximum absolute atomic E-state index is 11.5. The molecule has 0 aliphatic carbocycles. The molecule has 0 aliphatic rings. The van der Waals surface area contributed by atoms with Gasteiger partial charge in [0.05, 0.1) is 0 Å². The SMILES string of the molecule is CC(F)[CH][SH](=O)=O. The molecule has 0 aromatic heterocycles. The highest BCUT2D eigenvalue weighted by Gasteiger charge is 1.97. The van der Waals surface area contributed by atoms with Crippen molar-refractivity contribution in [2.24, 2.45) is 0 Å². The van der Waals surface area contributed by atoms with Crippen LogP contribution in [-0.4, -0.2) is 14.6 Å². The maximum atomic E-state index is 11.5. The third-order valence-electron chi connectivity index (χ3n) is 0.327. The highest BCUT2D eigenvalue weighted by molar-refractivity contribution is 7.74. The van der Waals surface area contributed by atoms with E-state index in [1.54, 1.807) is 0 Å². The van der Waals surface area contributed by atoms with E-state index in [-0.39, 0.29) is 0 Å². The Labute approximate surface area is 43.3 Å². The van der Waals surface area contributed by atoms with Gasteiger partial charge in [0, 0.05) is 0 Å². The van der Waals surface area contributed by atoms with E-state index in [1.807, 2.05) is 0 Å². The molecule has 0 amide bonds. The third kappa shape index (κ3) is 5.88. The summed E-state index contributed by atoms with van der Waals surface area (Å²) in [6.45, 7) is 1.16. The Morgan fingerprint density at radius 2 is 2.14 bits per heavy atom. The number of rotatable bonds is 2. The molecule has 0 rings (SSSR count). The quantitative estimate of drug-likeness (QED) is 0.532. The van der Waals surface area contributed by atoms with Crippen molar-refractivity contribution in [3.63, 3.8) is 0 Å². The summed E-state index contributed by atoms with van der Waals surface area (Å²) in [5, 5.41) is 0. The average Bonchev–Trinajstić information content (AvgIpc) is 1.27. The fraction of sp³-hybridized carbons (Fsp3) is 0.667. The Morgan fingerprint density at radius 1 is 1.71 bits per heavy atom. The van der Waals surface area contributed by atoms with Gasteiger partial charge in [0.2, 0.25) is 0 Å². The summed E-state index contributed by atoms with van der Waals surface area (Å²) in [5.74, 6) is 0.620. The standard InChI is InChI=1S/C3H6FO2S/c1-3(4)2-7(5)6/h2-3,7H,1H3. The van der Waals surface area contributed by atoms with Gasteiger partial charge >= 0.3 is 0 Å². The van der Waals surface area contributed by atoms with Gasteiger partial charge in [-0.05, 0) is 6.92 Å². The van der Waals surface area contributed by atoms with Gasteiger partial charge in [-0.2, -0.15) is 0 Å². The predicted molar refractivity (Wildman–Crippen MR) is 25.2 cm³/mol. The largest absolute Gasteiger partial charge is 0.246 e. The Morgan fingerprint density at radius 3 is 2.14 bits per heavy atom. The molecule has 0 aromatic rings. The maximum Gasteiger partial charge on any atom is 0.147 e. The molecule has 1 unspecified atom stereocenters. The van der Waals surface area contributed by atoms with Crippen molar-refractivity contribution < 1.29 is 12.8 Å². The van der Waals surface area contributed by atoms with Crippen LogP contribution >= 0.6 is 0 Å². The number of thiol groups is 1. The van der Waals surface area contributed by atoms with Crippen molar-refractivity contribution in [2.45, 2.75) is 13.1 Å². The molecule has 0 saturated heterocycles. The Kier molecular flexibility index (Phi) is 2.91. The summed E-state index contributed by atoms with van der Waals surface area (Å²) in [5.41, 5.74) is 0. The molecule has 1 radical (unpaired) electrons. The predicted octanol–water partition coefficient (Wildman–Crippen LogP) is 0.118. The van der Waals surface area contributed by atoms with Gasteiger partial charge in [0.25, 0.3) is 0 Å². The molecular weight excluding hydrogens is 119 g/mol. The molecule has 0 aliphatic heterocycles. The van der Waals surface area contributed by atoms with Crippen LogP contribution in [-0.2, 0) is 10.7 Å². The van der Waals surface area contributed by atoms with Crippen LogP contribution in [0.2, 0.25) is 0 Å². The van der Waals surface area contributed by atoms with Gasteiger partial charge in [0.15, 0.2) is 0 Å². The zero-order valence-corrected chi connectivity index (χ0v) is 4.69. The fourth-order valence-corrected chi connectivity index (χ4v) is 0.503. The lowest BCUT2D eigenvalue weighted by Crippen LogP contribution is -1.92. The highest BCUT2D eigenvalue weighted by atomic mass is 32.2. The van der Waals surface area contributed by atoms with E-state index in [0.717, 1.165) is 6.92 Å². The first kappa shape index (κ1) is 6.88. The Hall–Kier alpha value is -0.120. The lowest BCUT2D eigenvalue weighted by atomic mass is 10.5. The van der Waals surface area contributed by atoms with Crippen LogP contribution in [0.15, 0.2) is 0 Å². The summed E-state index contributed by atoms with van der Waals surface area (Å²) >= 11 is 0. The van der Waals surface area contributed by atoms with Crippen molar-refractivity contribution in [3.8, 4) is 0 Å². The molecule has 4 heteroatoms. The Balaban J connectivity index is 3.32. The van der Waals surface area contributed by atoms with Gasteiger partial charge in [-0.25, -0.2) is 12.8 Å². The molecule has 0 fully saturated rings. The van der Waals surface area contributed by atoms with Crippen molar-refractivity contribution >= 4 is 10.7 Å². The van der Waals surface area contributed by atoms with Gasteiger partial charge in [-0.3, -0.25) is 0 Å². The van der Waals surface area contributed by atoms with E-state index in [2.05, 4.69) is 0 Å². The van der Waals surface area contributed by atoms with E-state index < -0.39 is 16.9 Å². The molecule has 0 bridgehead atoms. The van der Waals surface area contributed by atoms with Gasteiger partial charge in [0.1, 0.15) is 22.6 Å². The molecule has 0 heterocycles. The van der Waals surface area contributed by atoms with Gasteiger partial charge in [-0.15, -0.1) is 0 Å². The topological polar surface area (TPSA) is 34.1 Å². The summed E-state index contributed by atoms with van der Waals surface area (Å²) in [6, 6.07) is 0. The molecule has 1 atom stereocenters. The molecular formula is C3H6FO2S. The van der Waals surface area contributed by atoms with E-state index in [4.69, 9.17) is 0 Å². The van der Waals surface area contributed by atoms with Crippen LogP contribution in [0.4, 0.5) is 4.39 Å². The minimum absolute atomic E-state index is 0.620. The molecule has 2 nitrogen and oxygen atoms in total. The van der Waals surface area contributed by atoms with Crippen LogP contribution in [0.3, 0.4) is 0 Å². The van der Waals surface area contributed by atoms with E-state index >= 15 is 0 Å². The number of halogens is 1. The van der Waals surface area contributed by atoms with E-state index in [0.29, 0.717) is 5.75 Å². The van der Waals surface area contributed by atoms with Crippen LogP contribution in [0.5, 0.6) is 0 Å². The third-order valence-corrected chi connectivity index (χ3v) is 0.981. The first-order valence-electron chi connectivity index (χ1n) is 1.75. The zero-order valence-electron chi connectivity index (χ0n) is 3.80. The molecule has 43 valence electrons. The highest BCUT2D eigenvalue weighted by Crippen LogP contribution is 1.91. The second-order valence-electron chi connectivity index (χ2n) is 1.11. The smallest absolute Gasteiger partial charge is 0.147 e. The van der Waals surface area contributed by atoms with Gasteiger partial charge in [-0.1, -0.05) is 0 Å². The first-order valence-corrected chi connectivity index (χ1v) is 3.00. The molecule has 0 aromatic carbocycles. The first-order chi connectivity index (χ1) is 3.13. The lowest BCUT2D eigenvalue weighted by molar-refractivity contribution is 0.418.